The van der Waals surface area contributed by atoms with Crippen molar-refractivity contribution in [1.82, 2.24) is 0 Å². The van der Waals surface area contributed by atoms with Crippen molar-refractivity contribution in [2.24, 2.45) is 0 Å². The van der Waals surface area contributed by atoms with E-state index in [4.69, 9.17) is 0 Å². The van der Waals surface area contributed by atoms with Crippen LogP contribution in [0.1, 0.15) is 13.3 Å². The van der Waals surface area contributed by atoms with Crippen LogP contribution in [-0.2, 0) is 5.11 Å². The molecule has 6 heavy (non-hydrogen) atoms. The maximum atomic E-state index is 9.69. The fourth-order valence-corrected chi connectivity index (χ4v) is 0.276. The second-order valence-electron chi connectivity index (χ2n) is 1.34. The average molecular weight is 105 g/mol. The highest BCUT2D eigenvalue weighted by molar-refractivity contribution is 7.80. The van der Waals surface area contributed by atoms with Gasteiger partial charge in [-0.05, 0) is 6.42 Å². The Bertz CT molecular complexity index is 28.7. The summed E-state index contributed by atoms with van der Waals surface area (Å²) in [5.41, 5.74) is 0. The zero-order valence-electron chi connectivity index (χ0n) is 3.85. The van der Waals surface area contributed by atoms with Crippen molar-refractivity contribution in [2.45, 2.75) is 18.6 Å². The number of thiol groups is 1. The van der Waals surface area contributed by atoms with Crippen molar-refractivity contribution in [3.63, 3.8) is 0 Å². The molecular weight excluding hydrogens is 96.1 g/mol. The summed E-state index contributed by atoms with van der Waals surface area (Å²) < 4.78 is 0. The third kappa shape index (κ3) is 4.31. The molecule has 0 saturated heterocycles. The molecule has 0 aromatic rings. The Hall–Kier alpha value is 0.310. The summed E-state index contributed by atoms with van der Waals surface area (Å²) in [7, 11) is 0. The van der Waals surface area contributed by atoms with Crippen LogP contribution in [0.15, 0.2) is 0 Å². The lowest BCUT2D eigenvalue weighted by molar-refractivity contribution is 0.190. The predicted octanol–water partition coefficient (Wildman–Crippen LogP) is 1.13. The molecular formula is C4H9OS. The Labute approximate surface area is 43.8 Å². The summed E-state index contributed by atoms with van der Waals surface area (Å²) in [5.74, 6) is 0. The summed E-state index contributed by atoms with van der Waals surface area (Å²) in [6.45, 7) is 1.92. The molecule has 0 aliphatic rings. The standard InChI is InChI=1S/C4H9OS/c1-4(6)2-3-5/h4,6H,2-3H2,1H3. The lowest BCUT2D eigenvalue weighted by atomic mass is 10.4. The van der Waals surface area contributed by atoms with Crippen LogP contribution in [-0.4, -0.2) is 11.9 Å². The molecule has 0 bridgehead atoms. The van der Waals surface area contributed by atoms with Crippen LogP contribution in [0.4, 0.5) is 0 Å². The summed E-state index contributed by atoms with van der Waals surface area (Å²) in [6, 6.07) is 0. The maximum Gasteiger partial charge on any atom is 0.0832 e. The molecule has 0 fully saturated rings. The second kappa shape index (κ2) is 3.50. The van der Waals surface area contributed by atoms with Gasteiger partial charge in [-0.1, -0.05) is 6.92 Å². The van der Waals surface area contributed by atoms with Gasteiger partial charge in [0.2, 0.25) is 0 Å². The van der Waals surface area contributed by atoms with Gasteiger partial charge in [0, 0.05) is 5.25 Å². The monoisotopic (exact) mass is 105 g/mol. The van der Waals surface area contributed by atoms with Crippen LogP contribution in [0.5, 0.6) is 0 Å². The molecule has 0 spiro atoms. The van der Waals surface area contributed by atoms with E-state index in [2.05, 4.69) is 12.6 Å². The molecule has 1 atom stereocenters. The normalized spacial score (nSPS) is 14.5. The molecule has 0 saturated carbocycles. The third-order valence-corrected chi connectivity index (χ3v) is 0.794. The summed E-state index contributed by atoms with van der Waals surface area (Å²) >= 11 is 3.98. The zero-order chi connectivity index (χ0) is 4.99. The van der Waals surface area contributed by atoms with E-state index >= 15 is 0 Å². The molecule has 0 aromatic heterocycles. The first-order valence-corrected chi connectivity index (χ1v) is 2.55. The van der Waals surface area contributed by atoms with E-state index in [-0.39, 0.29) is 11.9 Å². The molecule has 0 heterocycles. The zero-order valence-corrected chi connectivity index (χ0v) is 4.74. The largest absolute Gasteiger partial charge is 0.237 e. The van der Waals surface area contributed by atoms with Crippen LogP contribution in [0.2, 0.25) is 0 Å². The lowest BCUT2D eigenvalue weighted by Crippen LogP contribution is -1.92. The molecule has 2 heteroatoms. The Kier molecular flexibility index (Phi) is 3.68. The summed E-state index contributed by atoms with van der Waals surface area (Å²) in [6.07, 6.45) is 0.684. The Morgan fingerprint density at radius 1 is 1.83 bits per heavy atom. The molecule has 0 rings (SSSR count). The molecule has 0 aliphatic heterocycles. The van der Waals surface area contributed by atoms with E-state index in [9.17, 15) is 5.11 Å². The first-order chi connectivity index (χ1) is 2.77. The van der Waals surface area contributed by atoms with E-state index < -0.39 is 0 Å². The van der Waals surface area contributed by atoms with Crippen LogP contribution < -0.4 is 0 Å². The number of rotatable bonds is 2. The molecule has 37 valence electrons. The van der Waals surface area contributed by atoms with Gasteiger partial charge in [0.25, 0.3) is 0 Å². The van der Waals surface area contributed by atoms with Gasteiger partial charge in [-0.2, -0.15) is 12.6 Å². The van der Waals surface area contributed by atoms with Gasteiger partial charge in [-0.15, -0.1) is 0 Å². The van der Waals surface area contributed by atoms with Crippen LogP contribution in [0.25, 0.3) is 0 Å². The van der Waals surface area contributed by atoms with Gasteiger partial charge < -0.3 is 0 Å². The minimum atomic E-state index is 0.00463. The second-order valence-corrected chi connectivity index (χ2v) is 2.22. The molecule has 0 aromatic carbocycles. The van der Waals surface area contributed by atoms with Crippen LogP contribution in [0.3, 0.4) is 0 Å². The van der Waals surface area contributed by atoms with Crippen molar-refractivity contribution < 1.29 is 5.11 Å². The quantitative estimate of drug-likeness (QED) is 0.508. The highest BCUT2D eigenvalue weighted by Crippen LogP contribution is 1.95. The van der Waals surface area contributed by atoms with Crippen molar-refractivity contribution in [3.8, 4) is 0 Å². The SMILES string of the molecule is CC(S)CC[O]. The number of hydrogen-bond acceptors (Lipinski definition) is 1. The van der Waals surface area contributed by atoms with Crippen molar-refractivity contribution in [3.05, 3.63) is 0 Å². The van der Waals surface area contributed by atoms with Gasteiger partial charge >= 0.3 is 0 Å². The smallest absolute Gasteiger partial charge is 0.0832 e. The molecule has 0 amide bonds. The van der Waals surface area contributed by atoms with Crippen molar-refractivity contribution in [2.75, 3.05) is 6.61 Å². The van der Waals surface area contributed by atoms with Gasteiger partial charge in [-0.25, -0.2) is 5.11 Å². The van der Waals surface area contributed by atoms with Gasteiger partial charge in [0.15, 0.2) is 0 Å². The topological polar surface area (TPSA) is 19.9 Å². The Morgan fingerprint density at radius 3 is 2.33 bits per heavy atom. The fourth-order valence-electron chi connectivity index (χ4n) is 0.171. The lowest BCUT2D eigenvalue weighted by Gasteiger charge is -1.93. The van der Waals surface area contributed by atoms with E-state index in [1.54, 1.807) is 0 Å². The fraction of sp³-hybridized carbons (Fsp3) is 1.00. The van der Waals surface area contributed by atoms with Crippen molar-refractivity contribution >= 4 is 12.6 Å². The number of hydrogen-bond donors (Lipinski definition) is 1. The average Bonchev–Trinajstić information content (AvgIpc) is 1.35. The van der Waals surface area contributed by atoms with Gasteiger partial charge in [0.1, 0.15) is 0 Å². The minimum Gasteiger partial charge on any atom is -0.237 e. The van der Waals surface area contributed by atoms with Crippen LogP contribution in [0, 0.1) is 0 Å². The molecule has 1 nitrogen and oxygen atoms in total. The van der Waals surface area contributed by atoms with Gasteiger partial charge in [-0.3, -0.25) is 0 Å². The molecule has 0 aliphatic carbocycles. The minimum absolute atomic E-state index is 0.00463. The van der Waals surface area contributed by atoms with E-state index in [1.165, 1.54) is 0 Å². The Balaban J connectivity index is 2.63. The Morgan fingerprint density at radius 2 is 2.33 bits per heavy atom. The molecule has 0 N–H and O–H groups in total. The van der Waals surface area contributed by atoms with Gasteiger partial charge in [0.05, 0.1) is 6.61 Å². The van der Waals surface area contributed by atoms with Crippen LogP contribution >= 0.6 is 12.6 Å². The highest BCUT2D eigenvalue weighted by Gasteiger charge is 1.88. The third-order valence-electron chi connectivity index (χ3n) is 0.536. The first kappa shape index (κ1) is 6.31. The summed E-state index contributed by atoms with van der Waals surface area (Å²) in [5, 5.41) is 9.97. The van der Waals surface area contributed by atoms with E-state index in [0.29, 0.717) is 6.42 Å². The highest BCUT2D eigenvalue weighted by atomic mass is 32.1. The maximum absolute atomic E-state index is 9.69. The first-order valence-electron chi connectivity index (χ1n) is 2.03. The molecule has 1 radical (unpaired) electrons. The van der Waals surface area contributed by atoms with E-state index in [1.807, 2.05) is 6.92 Å². The van der Waals surface area contributed by atoms with Crippen molar-refractivity contribution in [1.29, 1.82) is 0 Å². The summed E-state index contributed by atoms with van der Waals surface area (Å²) in [4.78, 5) is 0. The molecule has 1 unspecified atom stereocenters. The van der Waals surface area contributed by atoms with E-state index in [0.717, 1.165) is 0 Å². The predicted molar refractivity (Wildman–Crippen MR) is 28.6 cm³/mol.